The molecule has 2 amide bonds. The Balaban J connectivity index is 1.99. The van der Waals surface area contributed by atoms with E-state index in [0.717, 1.165) is 12.8 Å². The Morgan fingerprint density at radius 2 is 1.86 bits per heavy atom. The highest BCUT2D eigenvalue weighted by atomic mass is 19.1. The van der Waals surface area contributed by atoms with E-state index in [4.69, 9.17) is 9.47 Å². The Kier molecular flexibility index (Phi) is 8.73. The summed E-state index contributed by atoms with van der Waals surface area (Å²) < 4.78 is 24.2. The highest BCUT2D eigenvalue weighted by Crippen LogP contribution is 2.30. The predicted molar refractivity (Wildman–Crippen MR) is 111 cm³/mol. The molecule has 0 spiro atoms. The Morgan fingerprint density at radius 1 is 1.14 bits per heavy atom. The summed E-state index contributed by atoms with van der Waals surface area (Å²) in [5.41, 5.74) is 1.13. The molecule has 29 heavy (non-hydrogen) atoms. The number of ether oxygens (including phenoxy) is 2. The molecule has 0 aliphatic carbocycles. The average Bonchev–Trinajstić information content (AvgIpc) is 2.70. The number of hydrogen-bond donors (Lipinski definition) is 3. The Hall–Kier alpha value is -2.80. The van der Waals surface area contributed by atoms with Crippen LogP contribution >= 0.6 is 0 Å². The lowest BCUT2D eigenvalue weighted by Crippen LogP contribution is -2.34. The van der Waals surface area contributed by atoms with Crippen LogP contribution in [0.1, 0.15) is 38.3 Å². The summed E-state index contributed by atoms with van der Waals surface area (Å²) in [4.78, 5) is 12.3. The van der Waals surface area contributed by atoms with Gasteiger partial charge in [-0.15, -0.1) is 0 Å². The number of carbonyl (C=O) groups is 1. The molecule has 0 radical (unpaired) electrons. The SMILES string of the molecule is COc1ccc(NC(=O)NC(CO)c2ccc(F)cc2)cc1OCCCC(C)C. The standard InChI is InChI=1S/C22H29FN2O4/c1-15(2)5-4-12-29-21-13-18(10-11-20(21)28-3)24-22(27)25-19(14-26)16-6-8-17(23)9-7-16/h6-11,13,15,19,26H,4-5,12,14H2,1-3H3,(H2,24,25,27). The van der Waals surface area contributed by atoms with Crippen molar-refractivity contribution in [3.05, 3.63) is 53.8 Å². The number of halogens is 1. The zero-order chi connectivity index (χ0) is 21.2. The van der Waals surface area contributed by atoms with Gasteiger partial charge in [-0.25, -0.2) is 9.18 Å². The number of hydrogen-bond acceptors (Lipinski definition) is 4. The number of anilines is 1. The summed E-state index contributed by atoms with van der Waals surface area (Å²) in [6.07, 6.45) is 1.99. The summed E-state index contributed by atoms with van der Waals surface area (Å²) in [5.74, 6) is 1.36. The summed E-state index contributed by atoms with van der Waals surface area (Å²) >= 11 is 0. The molecule has 0 saturated carbocycles. The molecule has 0 aromatic heterocycles. The van der Waals surface area contributed by atoms with E-state index in [9.17, 15) is 14.3 Å². The van der Waals surface area contributed by atoms with Crippen LogP contribution in [0.25, 0.3) is 0 Å². The zero-order valence-electron chi connectivity index (χ0n) is 17.1. The predicted octanol–water partition coefficient (Wildman–Crippen LogP) is 4.50. The molecule has 158 valence electrons. The molecule has 0 heterocycles. The lowest BCUT2D eigenvalue weighted by Gasteiger charge is -2.18. The zero-order valence-corrected chi connectivity index (χ0v) is 17.1. The number of carbonyl (C=O) groups excluding carboxylic acids is 1. The third kappa shape index (κ3) is 7.27. The van der Waals surface area contributed by atoms with Crippen molar-refractivity contribution in [2.75, 3.05) is 25.6 Å². The van der Waals surface area contributed by atoms with Gasteiger partial charge in [0.1, 0.15) is 5.82 Å². The molecule has 0 aliphatic rings. The van der Waals surface area contributed by atoms with E-state index in [0.29, 0.717) is 35.3 Å². The fourth-order valence-corrected chi connectivity index (χ4v) is 2.80. The fraction of sp³-hybridized carbons (Fsp3) is 0.409. The van der Waals surface area contributed by atoms with Crippen molar-refractivity contribution in [2.24, 2.45) is 5.92 Å². The molecule has 2 rings (SSSR count). The van der Waals surface area contributed by atoms with Crippen LogP contribution in [0.5, 0.6) is 11.5 Å². The first-order chi connectivity index (χ1) is 13.9. The van der Waals surface area contributed by atoms with E-state index >= 15 is 0 Å². The Bertz CT molecular complexity index is 781. The van der Waals surface area contributed by atoms with E-state index in [-0.39, 0.29) is 12.4 Å². The van der Waals surface area contributed by atoms with Crippen LogP contribution in [0.4, 0.5) is 14.9 Å². The number of benzene rings is 2. The van der Waals surface area contributed by atoms with Gasteiger partial charge >= 0.3 is 6.03 Å². The van der Waals surface area contributed by atoms with Gasteiger partial charge in [0, 0.05) is 11.8 Å². The van der Waals surface area contributed by atoms with Crippen LogP contribution in [0.3, 0.4) is 0 Å². The van der Waals surface area contributed by atoms with E-state index in [1.807, 2.05) is 0 Å². The maximum absolute atomic E-state index is 13.1. The molecule has 0 aliphatic heterocycles. The Morgan fingerprint density at radius 3 is 2.48 bits per heavy atom. The summed E-state index contributed by atoms with van der Waals surface area (Å²) in [7, 11) is 1.56. The van der Waals surface area contributed by atoms with Crippen LogP contribution in [-0.4, -0.2) is 31.5 Å². The van der Waals surface area contributed by atoms with Gasteiger partial charge in [-0.2, -0.15) is 0 Å². The first-order valence-corrected chi connectivity index (χ1v) is 9.67. The molecule has 2 aromatic carbocycles. The number of nitrogens with one attached hydrogen (secondary N) is 2. The molecule has 2 aromatic rings. The van der Waals surface area contributed by atoms with Crippen molar-refractivity contribution in [1.29, 1.82) is 0 Å². The van der Waals surface area contributed by atoms with Gasteiger partial charge in [-0.1, -0.05) is 26.0 Å². The normalized spacial score (nSPS) is 11.8. The molecule has 1 unspecified atom stereocenters. The summed E-state index contributed by atoms with van der Waals surface area (Å²) in [6, 6.07) is 9.57. The first kappa shape index (κ1) is 22.5. The molecule has 0 saturated heterocycles. The molecule has 6 nitrogen and oxygen atoms in total. The van der Waals surface area contributed by atoms with Gasteiger partial charge in [0.2, 0.25) is 0 Å². The van der Waals surface area contributed by atoms with Crippen molar-refractivity contribution in [3.8, 4) is 11.5 Å². The largest absolute Gasteiger partial charge is 0.493 e. The van der Waals surface area contributed by atoms with Crippen LogP contribution in [0.15, 0.2) is 42.5 Å². The number of urea groups is 1. The molecule has 0 bridgehead atoms. The minimum atomic E-state index is -0.652. The average molecular weight is 404 g/mol. The van der Waals surface area contributed by atoms with Crippen molar-refractivity contribution >= 4 is 11.7 Å². The molecule has 3 N–H and O–H groups in total. The highest BCUT2D eigenvalue weighted by Gasteiger charge is 2.15. The molecule has 1 atom stereocenters. The summed E-state index contributed by atoms with van der Waals surface area (Å²) in [5, 5.41) is 14.9. The number of methoxy groups -OCH3 is 1. The van der Waals surface area contributed by atoms with Crippen molar-refractivity contribution in [2.45, 2.75) is 32.7 Å². The van der Waals surface area contributed by atoms with Crippen LogP contribution in [0, 0.1) is 11.7 Å². The molecule has 7 heteroatoms. The maximum Gasteiger partial charge on any atom is 0.319 e. The molecular weight excluding hydrogens is 375 g/mol. The van der Waals surface area contributed by atoms with E-state index in [1.165, 1.54) is 24.3 Å². The third-order valence-electron chi connectivity index (χ3n) is 4.37. The van der Waals surface area contributed by atoms with Crippen LogP contribution in [0.2, 0.25) is 0 Å². The quantitative estimate of drug-likeness (QED) is 0.509. The minimum Gasteiger partial charge on any atom is -0.493 e. The second-order valence-electron chi connectivity index (χ2n) is 7.14. The maximum atomic E-state index is 13.1. The molecule has 0 fully saturated rings. The number of aliphatic hydroxyl groups is 1. The van der Waals surface area contributed by atoms with Gasteiger partial charge < -0.3 is 25.2 Å². The minimum absolute atomic E-state index is 0.314. The van der Waals surface area contributed by atoms with Gasteiger partial charge in [0.05, 0.1) is 26.4 Å². The fourth-order valence-electron chi connectivity index (χ4n) is 2.80. The highest BCUT2D eigenvalue weighted by molar-refractivity contribution is 5.90. The smallest absolute Gasteiger partial charge is 0.319 e. The third-order valence-corrected chi connectivity index (χ3v) is 4.37. The monoisotopic (exact) mass is 404 g/mol. The topological polar surface area (TPSA) is 79.8 Å². The van der Waals surface area contributed by atoms with Gasteiger partial charge in [-0.3, -0.25) is 0 Å². The second kappa shape index (κ2) is 11.3. The van der Waals surface area contributed by atoms with Gasteiger partial charge in [0.15, 0.2) is 11.5 Å². The van der Waals surface area contributed by atoms with E-state index in [1.54, 1.807) is 25.3 Å². The number of rotatable bonds is 10. The van der Waals surface area contributed by atoms with E-state index < -0.39 is 12.1 Å². The number of amides is 2. The van der Waals surface area contributed by atoms with Crippen LogP contribution in [-0.2, 0) is 0 Å². The first-order valence-electron chi connectivity index (χ1n) is 9.67. The van der Waals surface area contributed by atoms with Crippen molar-refractivity contribution in [3.63, 3.8) is 0 Å². The second-order valence-corrected chi connectivity index (χ2v) is 7.14. The summed E-state index contributed by atoms with van der Waals surface area (Å²) in [6.45, 7) is 4.57. The van der Waals surface area contributed by atoms with Crippen molar-refractivity contribution < 1.29 is 23.8 Å². The molecular formula is C22H29FN2O4. The van der Waals surface area contributed by atoms with Gasteiger partial charge in [-0.05, 0) is 48.6 Å². The lowest BCUT2D eigenvalue weighted by molar-refractivity contribution is 0.225. The van der Waals surface area contributed by atoms with Gasteiger partial charge in [0.25, 0.3) is 0 Å². The Labute approximate surface area is 171 Å². The number of aliphatic hydroxyl groups excluding tert-OH is 1. The van der Waals surface area contributed by atoms with Crippen LogP contribution < -0.4 is 20.1 Å². The lowest BCUT2D eigenvalue weighted by atomic mass is 10.1. The van der Waals surface area contributed by atoms with Crippen molar-refractivity contribution in [1.82, 2.24) is 5.32 Å². The van der Waals surface area contributed by atoms with E-state index in [2.05, 4.69) is 24.5 Å².